The molecule has 0 saturated heterocycles. The van der Waals surface area contributed by atoms with Crippen molar-refractivity contribution in [3.8, 4) is 0 Å². The first kappa shape index (κ1) is 12.9. The summed E-state index contributed by atoms with van der Waals surface area (Å²) < 4.78 is 0.862. The predicted octanol–water partition coefficient (Wildman–Crippen LogP) is 3.20. The number of rotatable bonds is 2. The van der Waals surface area contributed by atoms with Gasteiger partial charge in [-0.3, -0.25) is 9.59 Å². The van der Waals surface area contributed by atoms with Gasteiger partial charge in [-0.25, -0.2) is 0 Å². The minimum absolute atomic E-state index is 0.0410. The van der Waals surface area contributed by atoms with Gasteiger partial charge in [-0.05, 0) is 36.5 Å². The first-order valence-corrected chi connectivity index (χ1v) is 7.43. The van der Waals surface area contributed by atoms with Crippen molar-refractivity contribution < 1.29 is 9.59 Å². The van der Waals surface area contributed by atoms with Crippen LogP contribution in [0.5, 0.6) is 0 Å². The van der Waals surface area contributed by atoms with E-state index in [-0.39, 0.29) is 17.6 Å². The molecule has 1 aromatic rings. The van der Waals surface area contributed by atoms with Crippen molar-refractivity contribution in [3.63, 3.8) is 0 Å². The lowest BCUT2D eigenvalue weighted by molar-refractivity contribution is -0.116. The maximum absolute atomic E-state index is 12.4. The molecule has 1 amide bonds. The molecule has 2 atom stereocenters. The molecule has 1 fully saturated rings. The van der Waals surface area contributed by atoms with Gasteiger partial charge in [-0.1, -0.05) is 22.9 Å². The van der Waals surface area contributed by atoms with E-state index < -0.39 is 0 Å². The van der Waals surface area contributed by atoms with E-state index in [1.807, 2.05) is 12.1 Å². The average molecular weight is 322 g/mol. The van der Waals surface area contributed by atoms with E-state index in [0.717, 1.165) is 34.1 Å². The molecule has 3 rings (SSSR count). The Kier molecular flexibility index (Phi) is 3.01. The third kappa shape index (κ3) is 2.12. The molecule has 19 heavy (non-hydrogen) atoms. The number of carbonyl (C=O) groups is 2. The number of amides is 1. The number of nitrogens with zero attached hydrogens (tertiary/aromatic N) is 1. The standard InChI is InChI=1S/C15H16BrNO2/c1-8-5-11(8)15(19)12-7-14-10(6-13(12)16)3-4-17(14)9(2)18/h6-8,11H,3-5H2,1-2H3. The van der Waals surface area contributed by atoms with Crippen molar-refractivity contribution in [3.05, 3.63) is 27.7 Å². The third-order valence-electron chi connectivity index (χ3n) is 4.16. The van der Waals surface area contributed by atoms with Crippen molar-refractivity contribution in [2.45, 2.75) is 26.7 Å². The van der Waals surface area contributed by atoms with Gasteiger partial charge < -0.3 is 4.90 Å². The molecular weight excluding hydrogens is 306 g/mol. The molecule has 2 unspecified atom stereocenters. The van der Waals surface area contributed by atoms with E-state index in [9.17, 15) is 9.59 Å². The number of ketones is 1. The van der Waals surface area contributed by atoms with Crippen molar-refractivity contribution in [1.82, 2.24) is 0 Å². The second kappa shape index (κ2) is 4.44. The Morgan fingerprint density at radius 2 is 2.05 bits per heavy atom. The van der Waals surface area contributed by atoms with Gasteiger partial charge in [0.2, 0.25) is 5.91 Å². The summed E-state index contributed by atoms with van der Waals surface area (Å²) in [5.41, 5.74) is 2.77. The van der Waals surface area contributed by atoms with Gasteiger partial charge >= 0.3 is 0 Å². The lowest BCUT2D eigenvalue weighted by atomic mass is 10.0. The topological polar surface area (TPSA) is 37.4 Å². The number of halogens is 1. The highest BCUT2D eigenvalue weighted by Gasteiger charge is 2.40. The molecule has 100 valence electrons. The second-order valence-electron chi connectivity index (χ2n) is 5.57. The summed E-state index contributed by atoms with van der Waals surface area (Å²) >= 11 is 3.50. The summed E-state index contributed by atoms with van der Waals surface area (Å²) in [7, 11) is 0. The minimum Gasteiger partial charge on any atom is -0.312 e. The van der Waals surface area contributed by atoms with Crippen molar-refractivity contribution >= 4 is 33.3 Å². The number of Topliss-reactive ketones (excluding diaryl/α,β-unsaturated/α-hetero) is 1. The average Bonchev–Trinajstić information content (AvgIpc) is 2.93. The molecule has 1 aliphatic heterocycles. The predicted molar refractivity (Wildman–Crippen MR) is 77.5 cm³/mol. The molecule has 0 bridgehead atoms. The van der Waals surface area contributed by atoms with E-state index in [2.05, 4.69) is 22.9 Å². The Balaban J connectivity index is 2.00. The van der Waals surface area contributed by atoms with Crippen LogP contribution in [0.2, 0.25) is 0 Å². The van der Waals surface area contributed by atoms with Gasteiger partial charge in [0.15, 0.2) is 5.78 Å². The zero-order chi connectivity index (χ0) is 13.7. The summed E-state index contributed by atoms with van der Waals surface area (Å²) in [5, 5.41) is 0. The lowest BCUT2D eigenvalue weighted by Gasteiger charge is -2.16. The number of carbonyl (C=O) groups excluding carboxylic acids is 2. The fourth-order valence-electron chi connectivity index (χ4n) is 2.81. The Bertz CT molecular complexity index is 582. The molecule has 1 heterocycles. The van der Waals surface area contributed by atoms with Crippen LogP contribution in [0.3, 0.4) is 0 Å². The van der Waals surface area contributed by atoms with Crippen LogP contribution < -0.4 is 4.90 Å². The van der Waals surface area contributed by atoms with Gasteiger partial charge in [-0.15, -0.1) is 0 Å². The van der Waals surface area contributed by atoms with Gasteiger partial charge in [0, 0.05) is 35.1 Å². The Labute approximate surface area is 121 Å². The molecule has 1 saturated carbocycles. The summed E-state index contributed by atoms with van der Waals surface area (Å²) in [6, 6.07) is 3.89. The number of hydrogen-bond acceptors (Lipinski definition) is 2. The fraction of sp³-hybridized carbons (Fsp3) is 0.467. The van der Waals surface area contributed by atoms with Gasteiger partial charge in [0.05, 0.1) is 0 Å². The number of fused-ring (bicyclic) bond motifs is 1. The van der Waals surface area contributed by atoms with E-state index in [4.69, 9.17) is 0 Å². The molecule has 3 nitrogen and oxygen atoms in total. The molecule has 0 N–H and O–H groups in total. The highest BCUT2D eigenvalue weighted by Crippen LogP contribution is 2.43. The molecule has 2 aliphatic rings. The van der Waals surface area contributed by atoms with Crippen molar-refractivity contribution in [1.29, 1.82) is 0 Å². The molecule has 1 aliphatic carbocycles. The van der Waals surface area contributed by atoms with Crippen LogP contribution in [0.4, 0.5) is 5.69 Å². The Hall–Kier alpha value is -1.16. The summed E-state index contributed by atoms with van der Waals surface area (Å²) in [5.74, 6) is 0.912. The first-order chi connectivity index (χ1) is 8.99. The molecule has 0 radical (unpaired) electrons. The minimum atomic E-state index is 0.0410. The first-order valence-electron chi connectivity index (χ1n) is 6.63. The third-order valence-corrected chi connectivity index (χ3v) is 4.81. The maximum atomic E-state index is 12.4. The largest absolute Gasteiger partial charge is 0.312 e. The normalized spacial score (nSPS) is 24.3. The monoisotopic (exact) mass is 321 g/mol. The van der Waals surface area contributed by atoms with Crippen LogP contribution in [0.15, 0.2) is 16.6 Å². The number of benzene rings is 1. The zero-order valence-corrected chi connectivity index (χ0v) is 12.7. The van der Waals surface area contributed by atoms with Gasteiger partial charge in [-0.2, -0.15) is 0 Å². The zero-order valence-electron chi connectivity index (χ0n) is 11.1. The highest BCUT2D eigenvalue weighted by molar-refractivity contribution is 9.10. The number of hydrogen-bond donors (Lipinski definition) is 0. The molecule has 0 spiro atoms. The Morgan fingerprint density at radius 3 is 2.63 bits per heavy atom. The number of anilines is 1. The van der Waals surface area contributed by atoms with Crippen molar-refractivity contribution in [2.75, 3.05) is 11.4 Å². The van der Waals surface area contributed by atoms with Crippen molar-refractivity contribution in [2.24, 2.45) is 11.8 Å². The quantitative estimate of drug-likeness (QED) is 0.784. The fourth-order valence-corrected chi connectivity index (χ4v) is 3.40. The second-order valence-corrected chi connectivity index (χ2v) is 6.42. The summed E-state index contributed by atoms with van der Waals surface area (Å²) in [4.78, 5) is 25.7. The van der Waals surface area contributed by atoms with E-state index in [0.29, 0.717) is 12.5 Å². The molecular formula is C15H16BrNO2. The maximum Gasteiger partial charge on any atom is 0.223 e. The van der Waals surface area contributed by atoms with Crippen LogP contribution >= 0.6 is 15.9 Å². The van der Waals surface area contributed by atoms with Crippen LogP contribution in [0, 0.1) is 11.8 Å². The van der Waals surface area contributed by atoms with Crippen LogP contribution in [-0.4, -0.2) is 18.2 Å². The van der Waals surface area contributed by atoms with E-state index in [1.54, 1.807) is 11.8 Å². The highest BCUT2D eigenvalue weighted by atomic mass is 79.9. The SMILES string of the molecule is CC(=O)N1CCc2cc(Br)c(C(=O)C3CC3C)cc21. The van der Waals surface area contributed by atoms with Crippen LogP contribution in [0.25, 0.3) is 0 Å². The lowest BCUT2D eigenvalue weighted by Crippen LogP contribution is -2.26. The molecule has 4 heteroatoms. The van der Waals surface area contributed by atoms with E-state index >= 15 is 0 Å². The molecule has 0 aromatic heterocycles. The van der Waals surface area contributed by atoms with Crippen LogP contribution in [-0.2, 0) is 11.2 Å². The summed E-state index contributed by atoms with van der Waals surface area (Å²) in [6.45, 7) is 4.39. The van der Waals surface area contributed by atoms with Crippen LogP contribution in [0.1, 0.15) is 36.2 Å². The Morgan fingerprint density at radius 1 is 1.37 bits per heavy atom. The van der Waals surface area contributed by atoms with Gasteiger partial charge in [0.25, 0.3) is 0 Å². The van der Waals surface area contributed by atoms with Gasteiger partial charge in [0.1, 0.15) is 0 Å². The smallest absolute Gasteiger partial charge is 0.223 e. The molecule has 1 aromatic carbocycles. The van der Waals surface area contributed by atoms with E-state index in [1.165, 1.54) is 0 Å². The summed E-state index contributed by atoms with van der Waals surface area (Å²) in [6.07, 6.45) is 1.85.